The van der Waals surface area contributed by atoms with Crippen LogP contribution in [-0.4, -0.2) is 28.8 Å². The number of hydrogen-bond acceptors (Lipinski definition) is 3. The lowest BCUT2D eigenvalue weighted by Crippen LogP contribution is -2.53. The van der Waals surface area contributed by atoms with Gasteiger partial charge in [0.2, 0.25) is 0 Å². The fraction of sp³-hybridized carbons (Fsp3) is 0.562. The summed E-state index contributed by atoms with van der Waals surface area (Å²) in [5.74, 6) is -0.201. The van der Waals surface area contributed by atoms with Gasteiger partial charge in [-0.25, -0.2) is 4.39 Å². The number of carbonyl (C=O) groups excluding carboxylic acids is 1. The minimum Gasteiger partial charge on any atom is -0.478 e. The van der Waals surface area contributed by atoms with E-state index in [-0.39, 0.29) is 17.8 Å². The second kappa shape index (κ2) is 6.43. The fourth-order valence-electron chi connectivity index (χ4n) is 2.47. The summed E-state index contributed by atoms with van der Waals surface area (Å²) in [4.78, 5) is 12.3. The van der Waals surface area contributed by atoms with Crippen LogP contribution in [0.2, 0.25) is 0 Å². The first-order valence-electron chi connectivity index (χ1n) is 7.32. The summed E-state index contributed by atoms with van der Waals surface area (Å²) in [6, 6.07) is 5.32. The van der Waals surface area contributed by atoms with E-state index in [1.54, 1.807) is 13.8 Å². The van der Waals surface area contributed by atoms with Crippen molar-refractivity contribution >= 4 is 5.91 Å². The minimum absolute atomic E-state index is 0.220. The predicted octanol–water partition coefficient (Wildman–Crippen LogP) is 2.40. The summed E-state index contributed by atoms with van der Waals surface area (Å²) < 4.78 is 18.5. The van der Waals surface area contributed by atoms with E-state index in [1.807, 2.05) is 0 Å². The highest BCUT2D eigenvalue weighted by Gasteiger charge is 2.34. The normalized spacial score (nSPS) is 22.7. The second-order valence-corrected chi connectivity index (χ2v) is 6.00. The standard InChI is InChI=1S/C16H22FNO3/c1-16(2,21-12-9-7-11(17)8-10-12)15(20)18-13-5-3-4-6-14(13)19/h7-10,13-14,19H,3-6H2,1-2H3,(H,18,20)/t13-,14-/m0/s1. The van der Waals surface area contributed by atoms with Gasteiger partial charge >= 0.3 is 0 Å². The molecule has 5 heteroatoms. The molecule has 2 atom stereocenters. The number of nitrogens with one attached hydrogen (secondary N) is 1. The van der Waals surface area contributed by atoms with Crippen molar-refractivity contribution in [2.45, 2.75) is 57.3 Å². The van der Waals surface area contributed by atoms with E-state index in [2.05, 4.69) is 5.32 Å². The Morgan fingerprint density at radius 2 is 1.90 bits per heavy atom. The summed E-state index contributed by atoms with van der Waals surface area (Å²) >= 11 is 0. The van der Waals surface area contributed by atoms with E-state index in [4.69, 9.17) is 4.74 Å². The van der Waals surface area contributed by atoms with Crippen molar-refractivity contribution in [1.29, 1.82) is 0 Å². The maximum atomic E-state index is 12.9. The number of ether oxygens (including phenoxy) is 1. The molecule has 1 aromatic carbocycles. The highest BCUT2D eigenvalue weighted by atomic mass is 19.1. The van der Waals surface area contributed by atoms with Gasteiger partial charge in [-0.15, -0.1) is 0 Å². The quantitative estimate of drug-likeness (QED) is 0.897. The van der Waals surface area contributed by atoms with Crippen LogP contribution in [0, 0.1) is 5.82 Å². The van der Waals surface area contributed by atoms with E-state index in [0.717, 1.165) is 19.3 Å². The van der Waals surface area contributed by atoms with Gasteiger partial charge in [-0.05, 0) is 51.0 Å². The number of rotatable bonds is 4. The molecule has 1 amide bonds. The zero-order valence-corrected chi connectivity index (χ0v) is 12.4. The molecule has 4 nitrogen and oxygen atoms in total. The topological polar surface area (TPSA) is 58.6 Å². The van der Waals surface area contributed by atoms with E-state index in [1.165, 1.54) is 24.3 Å². The molecular weight excluding hydrogens is 273 g/mol. The summed E-state index contributed by atoms with van der Waals surface area (Å²) in [5.41, 5.74) is -1.09. The molecule has 0 radical (unpaired) electrons. The molecule has 0 unspecified atom stereocenters. The van der Waals surface area contributed by atoms with Crippen LogP contribution < -0.4 is 10.1 Å². The Kier molecular flexibility index (Phi) is 4.83. The number of hydrogen-bond donors (Lipinski definition) is 2. The van der Waals surface area contributed by atoms with Gasteiger partial charge in [0.05, 0.1) is 12.1 Å². The molecule has 1 saturated carbocycles. The summed E-state index contributed by atoms with van der Waals surface area (Å²) in [5, 5.41) is 12.8. The van der Waals surface area contributed by atoms with Crippen LogP contribution >= 0.6 is 0 Å². The van der Waals surface area contributed by atoms with Crippen molar-refractivity contribution in [3.8, 4) is 5.75 Å². The third-order valence-corrected chi connectivity index (χ3v) is 3.78. The predicted molar refractivity (Wildman–Crippen MR) is 77.5 cm³/mol. The summed E-state index contributed by atoms with van der Waals surface area (Å²) in [6.07, 6.45) is 2.98. The average molecular weight is 295 g/mol. The van der Waals surface area contributed by atoms with Gasteiger partial charge in [0.15, 0.2) is 5.60 Å². The number of aliphatic hydroxyl groups excluding tert-OH is 1. The van der Waals surface area contributed by atoms with Crippen molar-refractivity contribution in [2.75, 3.05) is 0 Å². The Balaban J connectivity index is 1.97. The number of benzene rings is 1. The first kappa shape index (κ1) is 15.8. The molecule has 1 fully saturated rings. The van der Waals surface area contributed by atoms with Gasteiger partial charge in [-0.1, -0.05) is 12.8 Å². The van der Waals surface area contributed by atoms with E-state index >= 15 is 0 Å². The van der Waals surface area contributed by atoms with Gasteiger partial charge in [0, 0.05) is 0 Å². The average Bonchev–Trinajstić information content (AvgIpc) is 2.43. The van der Waals surface area contributed by atoms with E-state index in [0.29, 0.717) is 12.2 Å². The number of aliphatic hydroxyl groups is 1. The lowest BCUT2D eigenvalue weighted by molar-refractivity contribution is -0.136. The molecule has 2 rings (SSSR count). The molecule has 1 aromatic rings. The van der Waals surface area contributed by atoms with Crippen LogP contribution in [0.4, 0.5) is 4.39 Å². The molecule has 0 spiro atoms. The van der Waals surface area contributed by atoms with Gasteiger partial charge < -0.3 is 15.2 Å². The van der Waals surface area contributed by atoms with Crippen LogP contribution in [0.5, 0.6) is 5.75 Å². The first-order valence-corrected chi connectivity index (χ1v) is 7.32. The Morgan fingerprint density at radius 3 is 2.52 bits per heavy atom. The molecule has 0 aliphatic heterocycles. The molecule has 0 saturated heterocycles. The van der Waals surface area contributed by atoms with Crippen LogP contribution in [-0.2, 0) is 4.79 Å². The van der Waals surface area contributed by atoms with Gasteiger partial charge in [0.25, 0.3) is 5.91 Å². The molecule has 1 aliphatic carbocycles. The minimum atomic E-state index is -1.09. The molecule has 2 N–H and O–H groups in total. The zero-order valence-electron chi connectivity index (χ0n) is 12.4. The highest BCUT2D eigenvalue weighted by molar-refractivity contribution is 5.85. The molecular formula is C16H22FNO3. The Morgan fingerprint density at radius 1 is 1.29 bits per heavy atom. The van der Waals surface area contributed by atoms with Crippen LogP contribution in [0.1, 0.15) is 39.5 Å². The van der Waals surface area contributed by atoms with Crippen LogP contribution in [0.3, 0.4) is 0 Å². The maximum Gasteiger partial charge on any atom is 0.263 e. The second-order valence-electron chi connectivity index (χ2n) is 6.00. The van der Waals surface area contributed by atoms with E-state index < -0.39 is 11.7 Å². The number of carbonyl (C=O) groups is 1. The third kappa shape index (κ3) is 4.17. The SMILES string of the molecule is CC(C)(Oc1ccc(F)cc1)C(=O)N[C@H]1CCCC[C@@H]1O. The molecule has 116 valence electrons. The maximum absolute atomic E-state index is 12.9. The smallest absolute Gasteiger partial charge is 0.263 e. The van der Waals surface area contributed by atoms with Crippen molar-refractivity contribution in [1.82, 2.24) is 5.32 Å². The van der Waals surface area contributed by atoms with Gasteiger partial charge in [-0.3, -0.25) is 4.79 Å². The Labute approximate surface area is 124 Å². The molecule has 21 heavy (non-hydrogen) atoms. The molecule has 0 heterocycles. The third-order valence-electron chi connectivity index (χ3n) is 3.78. The number of amides is 1. The zero-order chi connectivity index (χ0) is 15.5. The lowest BCUT2D eigenvalue weighted by Gasteiger charge is -2.32. The first-order chi connectivity index (χ1) is 9.88. The van der Waals surface area contributed by atoms with Crippen molar-refractivity contribution in [3.63, 3.8) is 0 Å². The summed E-state index contributed by atoms with van der Waals surface area (Å²) in [6.45, 7) is 3.31. The largest absolute Gasteiger partial charge is 0.478 e. The van der Waals surface area contributed by atoms with Crippen LogP contribution in [0.15, 0.2) is 24.3 Å². The van der Waals surface area contributed by atoms with Crippen molar-refractivity contribution < 1.29 is 19.0 Å². The summed E-state index contributed by atoms with van der Waals surface area (Å²) in [7, 11) is 0. The monoisotopic (exact) mass is 295 g/mol. The Hall–Kier alpha value is -1.62. The lowest BCUT2D eigenvalue weighted by atomic mass is 9.92. The highest BCUT2D eigenvalue weighted by Crippen LogP contribution is 2.22. The number of halogens is 1. The van der Waals surface area contributed by atoms with Gasteiger partial charge in [-0.2, -0.15) is 0 Å². The molecule has 0 bridgehead atoms. The van der Waals surface area contributed by atoms with Crippen molar-refractivity contribution in [2.24, 2.45) is 0 Å². The Bertz CT molecular complexity index is 487. The van der Waals surface area contributed by atoms with E-state index in [9.17, 15) is 14.3 Å². The molecule has 1 aliphatic rings. The van der Waals surface area contributed by atoms with Gasteiger partial charge in [0.1, 0.15) is 11.6 Å². The van der Waals surface area contributed by atoms with Crippen LogP contribution in [0.25, 0.3) is 0 Å². The van der Waals surface area contributed by atoms with Crippen molar-refractivity contribution in [3.05, 3.63) is 30.1 Å². The molecule has 0 aromatic heterocycles. The fourth-order valence-corrected chi connectivity index (χ4v) is 2.47.